The number of carbonyl (C=O) groups excluding carboxylic acids is 1. The number of rotatable bonds is 5. The minimum atomic E-state index is -0.316. The van der Waals surface area contributed by atoms with Gasteiger partial charge in [-0.15, -0.1) is 0 Å². The Morgan fingerprint density at radius 2 is 1.96 bits per heavy atom. The highest BCUT2D eigenvalue weighted by Gasteiger charge is 2.12. The zero-order chi connectivity index (χ0) is 17.0. The Bertz CT molecular complexity index is 811. The molecule has 0 saturated carbocycles. The van der Waals surface area contributed by atoms with E-state index in [0.717, 1.165) is 5.56 Å². The van der Waals surface area contributed by atoms with E-state index in [0.29, 0.717) is 17.7 Å². The number of aromatic nitrogens is 2. The van der Waals surface area contributed by atoms with Gasteiger partial charge in [0, 0.05) is 17.7 Å². The third-order valence-corrected chi connectivity index (χ3v) is 3.81. The van der Waals surface area contributed by atoms with Crippen molar-refractivity contribution in [2.75, 3.05) is 0 Å². The molecule has 0 bridgehead atoms. The molecule has 3 N–H and O–H groups in total. The van der Waals surface area contributed by atoms with Crippen molar-refractivity contribution in [1.29, 1.82) is 0 Å². The molecule has 1 amide bonds. The average Bonchev–Trinajstić information content (AvgIpc) is 2.46. The second-order valence-electron chi connectivity index (χ2n) is 5.35. The number of hydrogen-bond acceptors (Lipinski definition) is 3. The minimum Gasteiger partial charge on any atom is -0.350 e. The number of carbonyl (C=O) groups is 1. The van der Waals surface area contributed by atoms with Crippen LogP contribution in [0.25, 0.3) is 0 Å². The largest absolute Gasteiger partial charge is 0.350 e. The van der Waals surface area contributed by atoms with Crippen molar-refractivity contribution in [3.8, 4) is 0 Å². The molecule has 0 radical (unpaired) electrons. The summed E-state index contributed by atoms with van der Waals surface area (Å²) in [6, 6.07) is 5.74. The van der Waals surface area contributed by atoms with Gasteiger partial charge in [-0.25, -0.2) is 4.39 Å². The van der Waals surface area contributed by atoms with Gasteiger partial charge in [-0.1, -0.05) is 12.1 Å². The molecule has 5 nitrogen and oxygen atoms in total. The van der Waals surface area contributed by atoms with Gasteiger partial charge >= 0.3 is 0 Å². The number of amides is 1. The van der Waals surface area contributed by atoms with Crippen molar-refractivity contribution in [1.82, 2.24) is 15.3 Å². The van der Waals surface area contributed by atoms with Gasteiger partial charge in [0.25, 0.3) is 5.56 Å². The first-order chi connectivity index (χ1) is 10.9. The topological polar surface area (TPSA) is 77.8 Å². The van der Waals surface area contributed by atoms with E-state index in [1.807, 2.05) is 6.92 Å². The molecule has 0 unspecified atom stereocenters. The lowest BCUT2D eigenvalue weighted by atomic mass is 10.1. The summed E-state index contributed by atoms with van der Waals surface area (Å²) in [6.45, 7) is 3.57. The summed E-state index contributed by atoms with van der Waals surface area (Å²) < 4.78 is 13.2. The van der Waals surface area contributed by atoms with E-state index in [2.05, 4.69) is 15.3 Å². The fraction of sp³-hybridized carbons (Fsp3) is 0.312. The van der Waals surface area contributed by atoms with Gasteiger partial charge in [0.15, 0.2) is 4.77 Å². The smallest absolute Gasteiger partial charge is 0.255 e. The van der Waals surface area contributed by atoms with Crippen LogP contribution in [0.4, 0.5) is 4.39 Å². The predicted molar refractivity (Wildman–Crippen MR) is 88.3 cm³/mol. The third kappa shape index (κ3) is 4.59. The van der Waals surface area contributed by atoms with Crippen LogP contribution in [0.3, 0.4) is 0 Å². The lowest BCUT2D eigenvalue weighted by Crippen LogP contribution is -2.28. The molecule has 0 aliphatic rings. The lowest BCUT2D eigenvalue weighted by Gasteiger charge is -2.14. The van der Waals surface area contributed by atoms with Crippen LogP contribution in [0.5, 0.6) is 0 Å². The van der Waals surface area contributed by atoms with E-state index >= 15 is 0 Å². The van der Waals surface area contributed by atoms with Crippen LogP contribution >= 0.6 is 12.2 Å². The van der Waals surface area contributed by atoms with Crippen molar-refractivity contribution < 1.29 is 9.18 Å². The molecular weight excluding hydrogens is 317 g/mol. The highest BCUT2D eigenvalue weighted by Crippen LogP contribution is 2.13. The van der Waals surface area contributed by atoms with Crippen LogP contribution in [0, 0.1) is 17.5 Å². The molecule has 2 aromatic rings. The Kier molecular flexibility index (Phi) is 5.44. The summed E-state index contributed by atoms with van der Waals surface area (Å²) in [5, 5.41) is 2.83. The van der Waals surface area contributed by atoms with Crippen LogP contribution in [0.2, 0.25) is 0 Å². The van der Waals surface area contributed by atoms with Crippen LogP contribution in [-0.4, -0.2) is 15.9 Å². The number of nitrogens with one attached hydrogen (secondary N) is 3. The number of aromatic amines is 2. The van der Waals surface area contributed by atoms with Gasteiger partial charge in [0.1, 0.15) is 5.82 Å². The molecular formula is C16H18FN3O2S. The van der Waals surface area contributed by atoms with Gasteiger partial charge in [-0.2, -0.15) is 0 Å². The molecule has 1 atom stereocenters. The van der Waals surface area contributed by atoms with Crippen molar-refractivity contribution in [2.45, 2.75) is 32.7 Å². The monoisotopic (exact) mass is 335 g/mol. The van der Waals surface area contributed by atoms with E-state index in [9.17, 15) is 14.0 Å². The number of hydrogen-bond donors (Lipinski definition) is 3. The Hall–Kier alpha value is -2.28. The fourth-order valence-corrected chi connectivity index (χ4v) is 2.56. The molecule has 2 rings (SSSR count). The maximum atomic E-state index is 12.9. The molecule has 1 aromatic carbocycles. The first-order valence-corrected chi connectivity index (χ1v) is 7.64. The maximum absolute atomic E-state index is 12.9. The van der Waals surface area contributed by atoms with Crippen LogP contribution in [-0.2, 0) is 11.2 Å². The number of aryl methyl sites for hydroxylation is 1. The molecule has 0 fully saturated rings. The molecule has 0 aliphatic carbocycles. The van der Waals surface area contributed by atoms with Gasteiger partial charge in [0.2, 0.25) is 5.91 Å². The lowest BCUT2D eigenvalue weighted by molar-refractivity contribution is -0.121. The predicted octanol–water partition coefficient (Wildman–Crippen LogP) is 2.69. The maximum Gasteiger partial charge on any atom is 0.255 e. The van der Waals surface area contributed by atoms with E-state index in [1.165, 1.54) is 12.1 Å². The summed E-state index contributed by atoms with van der Waals surface area (Å²) in [5.41, 5.74) is 1.73. The Labute approximate surface area is 138 Å². The molecule has 122 valence electrons. The van der Waals surface area contributed by atoms with Crippen LogP contribution < -0.4 is 10.9 Å². The first kappa shape index (κ1) is 17.1. The zero-order valence-corrected chi connectivity index (χ0v) is 13.7. The van der Waals surface area contributed by atoms with Gasteiger partial charge in [0.05, 0.1) is 6.04 Å². The summed E-state index contributed by atoms with van der Waals surface area (Å²) in [5.74, 6) is -0.494. The Morgan fingerprint density at radius 3 is 2.57 bits per heavy atom. The average molecular weight is 335 g/mol. The summed E-state index contributed by atoms with van der Waals surface area (Å²) in [7, 11) is 0. The molecule has 0 aliphatic heterocycles. The summed E-state index contributed by atoms with van der Waals surface area (Å²) in [6.07, 6.45) is 0.495. The SMILES string of the molecule is Cc1[nH]c(=S)[nH]c(=O)c1CCC(=O)N[C@@H](C)c1ccc(F)cc1. The van der Waals surface area contributed by atoms with E-state index < -0.39 is 0 Å². The van der Waals surface area contributed by atoms with Crippen molar-refractivity contribution in [3.05, 3.63) is 62.0 Å². The number of halogens is 1. The summed E-state index contributed by atoms with van der Waals surface area (Å²) in [4.78, 5) is 29.2. The highest BCUT2D eigenvalue weighted by atomic mass is 32.1. The highest BCUT2D eigenvalue weighted by molar-refractivity contribution is 7.71. The Morgan fingerprint density at radius 1 is 1.30 bits per heavy atom. The summed E-state index contributed by atoms with van der Waals surface area (Å²) >= 11 is 4.89. The van der Waals surface area contributed by atoms with E-state index in [4.69, 9.17) is 12.2 Å². The molecule has 1 aromatic heterocycles. The normalized spacial score (nSPS) is 12.0. The van der Waals surface area contributed by atoms with Crippen molar-refractivity contribution >= 4 is 18.1 Å². The minimum absolute atomic E-state index is 0.178. The molecule has 0 saturated heterocycles. The third-order valence-electron chi connectivity index (χ3n) is 3.60. The van der Waals surface area contributed by atoms with Gasteiger partial charge in [-0.05, 0) is 50.2 Å². The Balaban J connectivity index is 1.96. The zero-order valence-electron chi connectivity index (χ0n) is 12.9. The fourth-order valence-electron chi connectivity index (χ4n) is 2.31. The first-order valence-electron chi connectivity index (χ1n) is 7.23. The molecule has 23 heavy (non-hydrogen) atoms. The van der Waals surface area contributed by atoms with Gasteiger partial charge < -0.3 is 10.3 Å². The van der Waals surface area contributed by atoms with Gasteiger partial charge in [-0.3, -0.25) is 14.6 Å². The van der Waals surface area contributed by atoms with Crippen LogP contribution in [0.15, 0.2) is 29.1 Å². The second-order valence-corrected chi connectivity index (χ2v) is 5.76. The quantitative estimate of drug-likeness (QED) is 0.735. The van der Waals surface area contributed by atoms with Crippen molar-refractivity contribution in [2.24, 2.45) is 0 Å². The molecule has 1 heterocycles. The molecule has 0 spiro atoms. The van der Waals surface area contributed by atoms with E-state index in [-0.39, 0.29) is 34.5 Å². The number of H-pyrrole nitrogens is 2. The number of benzene rings is 1. The standard InChI is InChI=1S/C16H18FN3O2S/c1-9(11-3-5-12(17)6-4-11)18-14(21)8-7-13-10(2)19-16(23)20-15(13)22/h3-6,9H,7-8H2,1-2H3,(H,18,21)(H2,19,20,22,23)/t9-/m0/s1. The van der Waals surface area contributed by atoms with Crippen LogP contribution in [0.1, 0.15) is 36.2 Å². The molecule has 7 heteroatoms. The van der Waals surface area contributed by atoms with Crippen molar-refractivity contribution in [3.63, 3.8) is 0 Å². The van der Waals surface area contributed by atoms with E-state index in [1.54, 1.807) is 19.1 Å². The second kappa shape index (κ2) is 7.32.